The largest absolute Gasteiger partial charge is 0.364 e. The molecular formula is C16H13N3O. The van der Waals surface area contributed by atoms with Crippen LogP contribution in [-0.4, -0.2) is 15.9 Å². The number of aromatic amines is 1. The Morgan fingerprint density at radius 1 is 1.05 bits per heavy atom. The summed E-state index contributed by atoms with van der Waals surface area (Å²) in [4.78, 5) is 18.3. The molecule has 4 heteroatoms. The molecule has 0 bridgehead atoms. The van der Waals surface area contributed by atoms with Gasteiger partial charge in [-0.1, -0.05) is 30.3 Å². The maximum atomic E-state index is 11.2. The monoisotopic (exact) mass is 263 g/mol. The number of rotatable bonds is 3. The van der Waals surface area contributed by atoms with Crippen LogP contribution in [0.25, 0.3) is 22.3 Å². The average molecular weight is 263 g/mol. The van der Waals surface area contributed by atoms with Gasteiger partial charge < -0.3 is 10.7 Å². The summed E-state index contributed by atoms with van der Waals surface area (Å²) in [7, 11) is 0. The molecule has 2 heterocycles. The van der Waals surface area contributed by atoms with Crippen molar-refractivity contribution in [3.8, 4) is 22.3 Å². The summed E-state index contributed by atoms with van der Waals surface area (Å²) in [5.41, 5.74) is 9.69. The topological polar surface area (TPSA) is 71.8 Å². The fourth-order valence-electron chi connectivity index (χ4n) is 2.19. The minimum absolute atomic E-state index is 0.399. The van der Waals surface area contributed by atoms with Crippen molar-refractivity contribution in [3.05, 3.63) is 66.7 Å². The van der Waals surface area contributed by atoms with E-state index in [0.29, 0.717) is 5.69 Å². The molecule has 0 aliphatic rings. The maximum absolute atomic E-state index is 11.2. The van der Waals surface area contributed by atoms with Gasteiger partial charge in [-0.2, -0.15) is 0 Å². The summed E-state index contributed by atoms with van der Waals surface area (Å²) in [6.45, 7) is 0. The van der Waals surface area contributed by atoms with Gasteiger partial charge in [-0.25, -0.2) is 0 Å². The van der Waals surface area contributed by atoms with Crippen molar-refractivity contribution in [3.63, 3.8) is 0 Å². The number of nitrogens with zero attached hydrogens (tertiary/aromatic N) is 1. The van der Waals surface area contributed by atoms with Crippen molar-refractivity contribution >= 4 is 5.91 Å². The molecule has 0 unspecified atom stereocenters. The Bertz CT molecular complexity index is 747. The highest BCUT2D eigenvalue weighted by molar-refractivity contribution is 5.93. The Hall–Kier alpha value is -2.88. The van der Waals surface area contributed by atoms with Crippen LogP contribution in [-0.2, 0) is 0 Å². The van der Waals surface area contributed by atoms with Crippen LogP contribution in [0.3, 0.4) is 0 Å². The van der Waals surface area contributed by atoms with Crippen molar-refractivity contribution in [1.82, 2.24) is 9.97 Å². The zero-order chi connectivity index (χ0) is 13.9. The molecule has 20 heavy (non-hydrogen) atoms. The highest BCUT2D eigenvalue weighted by Crippen LogP contribution is 2.31. The van der Waals surface area contributed by atoms with Crippen molar-refractivity contribution < 1.29 is 4.79 Å². The number of pyridine rings is 1. The van der Waals surface area contributed by atoms with Crippen LogP contribution < -0.4 is 5.73 Å². The van der Waals surface area contributed by atoms with E-state index in [0.717, 1.165) is 22.3 Å². The Kier molecular flexibility index (Phi) is 3.05. The summed E-state index contributed by atoms with van der Waals surface area (Å²) in [6, 6.07) is 13.7. The fraction of sp³-hybridized carbons (Fsp3) is 0. The normalized spacial score (nSPS) is 10.4. The third-order valence-electron chi connectivity index (χ3n) is 3.17. The first-order chi connectivity index (χ1) is 9.75. The van der Waals surface area contributed by atoms with Gasteiger partial charge in [-0.05, 0) is 23.3 Å². The van der Waals surface area contributed by atoms with Gasteiger partial charge in [0.2, 0.25) is 0 Å². The SMILES string of the molecule is NC(=O)c1cc(-c2ccncc2-c2ccccc2)c[nH]1. The van der Waals surface area contributed by atoms with E-state index in [-0.39, 0.29) is 0 Å². The number of amides is 1. The van der Waals surface area contributed by atoms with Gasteiger partial charge in [0.05, 0.1) is 0 Å². The molecule has 3 rings (SSSR count). The molecule has 0 spiro atoms. The summed E-state index contributed by atoms with van der Waals surface area (Å²) < 4.78 is 0. The van der Waals surface area contributed by atoms with Crippen LogP contribution in [0.5, 0.6) is 0 Å². The third kappa shape index (κ3) is 2.19. The van der Waals surface area contributed by atoms with Gasteiger partial charge >= 0.3 is 0 Å². The van der Waals surface area contributed by atoms with E-state index >= 15 is 0 Å². The molecular weight excluding hydrogens is 250 g/mol. The fourth-order valence-corrected chi connectivity index (χ4v) is 2.19. The number of nitrogens with two attached hydrogens (primary N) is 1. The molecule has 0 saturated heterocycles. The van der Waals surface area contributed by atoms with Gasteiger partial charge in [0, 0.05) is 29.7 Å². The van der Waals surface area contributed by atoms with Crippen molar-refractivity contribution in [2.45, 2.75) is 0 Å². The van der Waals surface area contributed by atoms with Crippen LogP contribution in [0.1, 0.15) is 10.5 Å². The lowest BCUT2D eigenvalue weighted by molar-refractivity contribution is 0.0996. The van der Waals surface area contributed by atoms with E-state index in [9.17, 15) is 4.79 Å². The molecule has 0 atom stereocenters. The quantitative estimate of drug-likeness (QED) is 0.762. The molecule has 3 aromatic rings. The molecule has 98 valence electrons. The molecule has 0 aliphatic heterocycles. The van der Waals surface area contributed by atoms with Crippen molar-refractivity contribution in [2.24, 2.45) is 5.73 Å². The van der Waals surface area contributed by atoms with Gasteiger partial charge in [0.15, 0.2) is 0 Å². The van der Waals surface area contributed by atoms with Crippen LogP contribution >= 0.6 is 0 Å². The molecule has 3 N–H and O–H groups in total. The first kappa shape index (κ1) is 12.2. The van der Waals surface area contributed by atoms with E-state index in [2.05, 4.69) is 9.97 Å². The number of nitrogens with one attached hydrogen (secondary N) is 1. The van der Waals surface area contributed by atoms with Crippen LogP contribution in [0.4, 0.5) is 0 Å². The Labute approximate surface area is 116 Å². The number of primary amides is 1. The zero-order valence-corrected chi connectivity index (χ0v) is 10.7. The second-order valence-electron chi connectivity index (χ2n) is 4.45. The van der Waals surface area contributed by atoms with Crippen molar-refractivity contribution in [1.29, 1.82) is 0 Å². The summed E-state index contributed by atoms with van der Waals surface area (Å²) in [5.74, 6) is -0.466. The zero-order valence-electron chi connectivity index (χ0n) is 10.7. The predicted octanol–water partition coefficient (Wildman–Crippen LogP) is 2.84. The number of hydrogen-bond donors (Lipinski definition) is 2. The number of H-pyrrole nitrogens is 1. The molecule has 0 aliphatic carbocycles. The van der Waals surface area contributed by atoms with Gasteiger partial charge in [-0.15, -0.1) is 0 Å². The standard InChI is InChI=1S/C16H13N3O/c17-16(20)15-8-12(9-19-15)13-6-7-18-10-14(13)11-4-2-1-3-5-11/h1-10,19H,(H2,17,20). The number of aromatic nitrogens is 2. The number of benzene rings is 1. The smallest absolute Gasteiger partial charge is 0.265 e. The second-order valence-corrected chi connectivity index (χ2v) is 4.45. The lowest BCUT2D eigenvalue weighted by Crippen LogP contribution is -2.10. The Morgan fingerprint density at radius 3 is 2.55 bits per heavy atom. The highest BCUT2D eigenvalue weighted by atomic mass is 16.1. The minimum Gasteiger partial charge on any atom is -0.364 e. The lowest BCUT2D eigenvalue weighted by atomic mass is 9.98. The highest BCUT2D eigenvalue weighted by Gasteiger charge is 2.10. The van der Waals surface area contributed by atoms with Crippen molar-refractivity contribution in [2.75, 3.05) is 0 Å². The van der Waals surface area contributed by atoms with E-state index < -0.39 is 5.91 Å². The summed E-state index contributed by atoms with van der Waals surface area (Å²) in [6.07, 6.45) is 5.34. The molecule has 0 saturated carbocycles. The summed E-state index contributed by atoms with van der Waals surface area (Å²) in [5, 5.41) is 0. The van der Waals surface area contributed by atoms with Gasteiger partial charge in [0.1, 0.15) is 5.69 Å². The minimum atomic E-state index is -0.466. The summed E-state index contributed by atoms with van der Waals surface area (Å²) >= 11 is 0. The Morgan fingerprint density at radius 2 is 1.85 bits per heavy atom. The number of carbonyl (C=O) groups excluding carboxylic acids is 1. The predicted molar refractivity (Wildman–Crippen MR) is 78.0 cm³/mol. The van der Waals surface area contributed by atoms with E-state index in [1.165, 1.54) is 0 Å². The van der Waals surface area contributed by atoms with Crippen LogP contribution in [0, 0.1) is 0 Å². The van der Waals surface area contributed by atoms with E-state index in [1.54, 1.807) is 18.5 Å². The van der Waals surface area contributed by atoms with Gasteiger partial charge in [-0.3, -0.25) is 9.78 Å². The van der Waals surface area contributed by atoms with Crippen LogP contribution in [0.2, 0.25) is 0 Å². The molecule has 1 aromatic carbocycles. The third-order valence-corrected chi connectivity index (χ3v) is 3.17. The molecule has 1 amide bonds. The first-order valence-corrected chi connectivity index (χ1v) is 6.24. The first-order valence-electron chi connectivity index (χ1n) is 6.24. The number of carbonyl (C=O) groups is 1. The lowest BCUT2D eigenvalue weighted by Gasteiger charge is -2.07. The van der Waals surface area contributed by atoms with Crippen LogP contribution in [0.15, 0.2) is 61.1 Å². The average Bonchev–Trinajstić information content (AvgIpc) is 2.98. The molecule has 2 aromatic heterocycles. The van der Waals surface area contributed by atoms with E-state index in [4.69, 9.17) is 5.73 Å². The number of hydrogen-bond acceptors (Lipinski definition) is 2. The second kappa shape index (κ2) is 5.01. The molecule has 0 fully saturated rings. The molecule has 0 radical (unpaired) electrons. The van der Waals surface area contributed by atoms with E-state index in [1.807, 2.05) is 42.6 Å². The maximum Gasteiger partial charge on any atom is 0.265 e. The van der Waals surface area contributed by atoms with Gasteiger partial charge in [0.25, 0.3) is 5.91 Å². The Balaban J connectivity index is 2.12. The molecule has 4 nitrogen and oxygen atoms in total.